The highest BCUT2D eigenvalue weighted by atomic mass is 32.1. The molecule has 0 bridgehead atoms. The molecule has 0 N–H and O–H groups in total. The van der Waals surface area contributed by atoms with Gasteiger partial charge < -0.3 is 9.64 Å². The first-order valence-corrected chi connectivity index (χ1v) is 13.4. The number of carbonyl (C=O) groups excluding carboxylic acids is 1. The molecule has 0 saturated carbocycles. The van der Waals surface area contributed by atoms with Crippen LogP contribution < -0.4 is 4.74 Å². The molecule has 1 aliphatic rings. The van der Waals surface area contributed by atoms with Crippen LogP contribution in [0.4, 0.5) is 0 Å². The number of aromatic nitrogens is 2. The highest BCUT2D eigenvalue weighted by molar-refractivity contribution is 7.19. The Kier molecular flexibility index (Phi) is 7.68. The molecular formula is C26H29N5O2S2. The fraction of sp³-hybridized carbons (Fsp3) is 0.346. The van der Waals surface area contributed by atoms with Gasteiger partial charge in [-0.25, -0.2) is 0 Å². The van der Waals surface area contributed by atoms with Crippen molar-refractivity contribution in [3.63, 3.8) is 0 Å². The monoisotopic (exact) mass is 507 g/mol. The standard InChI is InChI=1S/C26H29N5O2S2/c1-29(19-23-16-21-4-2-3-5-25(21)34-23)18-20-6-8-22(9-7-20)33-15-14-30-10-12-31(13-11-30)26(32)24-17-27-35-28-24/h2-9,16-17H,10-15,18-19H2,1H3. The molecule has 5 rings (SSSR count). The Morgan fingerprint density at radius 3 is 2.60 bits per heavy atom. The lowest BCUT2D eigenvalue weighted by molar-refractivity contribution is 0.0615. The van der Waals surface area contributed by atoms with Gasteiger partial charge in [-0.15, -0.1) is 11.3 Å². The molecule has 9 heteroatoms. The maximum atomic E-state index is 12.4. The summed E-state index contributed by atoms with van der Waals surface area (Å²) in [5.41, 5.74) is 1.72. The van der Waals surface area contributed by atoms with E-state index in [1.54, 1.807) is 6.20 Å². The van der Waals surface area contributed by atoms with Crippen molar-refractivity contribution in [2.75, 3.05) is 46.4 Å². The summed E-state index contributed by atoms with van der Waals surface area (Å²) in [7, 11) is 2.16. The van der Waals surface area contributed by atoms with Gasteiger partial charge in [0.25, 0.3) is 5.91 Å². The van der Waals surface area contributed by atoms with Crippen molar-refractivity contribution in [2.45, 2.75) is 13.1 Å². The third kappa shape index (κ3) is 6.24. The van der Waals surface area contributed by atoms with Crippen molar-refractivity contribution in [1.82, 2.24) is 23.4 Å². The van der Waals surface area contributed by atoms with Crippen LogP contribution in [0, 0.1) is 0 Å². The van der Waals surface area contributed by atoms with E-state index in [1.807, 2.05) is 16.2 Å². The zero-order valence-corrected chi connectivity index (χ0v) is 21.4. The van der Waals surface area contributed by atoms with E-state index < -0.39 is 0 Å². The van der Waals surface area contributed by atoms with E-state index in [4.69, 9.17) is 4.74 Å². The van der Waals surface area contributed by atoms with Gasteiger partial charge in [-0.3, -0.25) is 14.6 Å². The minimum absolute atomic E-state index is 0.0239. The number of benzene rings is 2. The number of amides is 1. The molecule has 0 aliphatic carbocycles. The Morgan fingerprint density at radius 1 is 1.06 bits per heavy atom. The average molecular weight is 508 g/mol. The van der Waals surface area contributed by atoms with Gasteiger partial charge >= 0.3 is 0 Å². The largest absolute Gasteiger partial charge is 0.492 e. The Morgan fingerprint density at radius 2 is 1.86 bits per heavy atom. The second-order valence-corrected chi connectivity index (χ2v) is 10.6. The molecule has 0 radical (unpaired) electrons. The van der Waals surface area contributed by atoms with Crippen molar-refractivity contribution in [3.05, 3.63) is 76.9 Å². The van der Waals surface area contributed by atoms with Crippen LogP contribution in [0.25, 0.3) is 10.1 Å². The molecule has 2 aromatic heterocycles. The highest BCUT2D eigenvalue weighted by Crippen LogP contribution is 2.26. The maximum Gasteiger partial charge on any atom is 0.275 e. The predicted molar refractivity (Wildman–Crippen MR) is 141 cm³/mol. The van der Waals surface area contributed by atoms with Crippen LogP contribution in [0.3, 0.4) is 0 Å². The fourth-order valence-corrected chi connectivity index (χ4v) is 5.88. The summed E-state index contributed by atoms with van der Waals surface area (Å²) in [6, 6.07) is 19.3. The number of rotatable bonds is 9. The third-order valence-electron chi connectivity index (χ3n) is 6.19. The van der Waals surface area contributed by atoms with E-state index in [0.717, 1.165) is 50.2 Å². The Balaban J connectivity index is 1.02. The zero-order valence-electron chi connectivity index (χ0n) is 19.8. The van der Waals surface area contributed by atoms with E-state index in [9.17, 15) is 4.79 Å². The van der Waals surface area contributed by atoms with Crippen LogP contribution in [-0.4, -0.2) is 75.7 Å². The number of piperazine rings is 1. The van der Waals surface area contributed by atoms with Gasteiger partial charge in [0, 0.05) is 55.4 Å². The first-order chi connectivity index (χ1) is 17.1. The van der Waals surface area contributed by atoms with Crippen molar-refractivity contribution in [1.29, 1.82) is 0 Å². The molecule has 1 fully saturated rings. The van der Waals surface area contributed by atoms with Crippen molar-refractivity contribution in [3.8, 4) is 5.75 Å². The number of carbonyl (C=O) groups is 1. The lowest BCUT2D eigenvalue weighted by atomic mass is 10.2. The fourth-order valence-electron chi connectivity index (χ4n) is 4.33. The topological polar surface area (TPSA) is 61.8 Å². The smallest absolute Gasteiger partial charge is 0.275 e. The van der Waals surface area contributed by atoms with Crippen LogP contribution in [0.15, 0.2) is 60.8 Å². The van der Waals surface area contributed by atoms with Crippen molar-refractivity contribution < 1.29 is 9.53 Å². The number of hydrogen-bond acceptors (Lipinski definition) is 8. The second kappa shape index (κ2) is 11.3. The van der Waals surface area contributed by atoms with Crippen molar-refractivity contribution >= 4 is 39.1 Å². The summed E-state index contributed by atoms with van der Waals surface area (Å²) < 4.78 is 15.3. The Hall–Kier alpha value is -2.85. The minimum atomic E-state index is -0.0239. The Bertz CT molecular complexity index is 1200. The molecule has 182 valence electrons. The lowest BCUT2D eigenvalue weighted by Gasteiger charge is -2.34. The molecule has 4 aromatic rings. The van der Waals surface area contributed by atoms with Crippen LogP contribution in [0.5, 0.6) is 5.75 Å². The third-order valence-corrected chi connectivity index (χ3v) is 7.77. The number of nitrogens with zero attached hydrogens (tertiary/aromatic N) is 5. The molecule has 0 unspecified atom stereocenters. The van der Waals surface area contributed by atoms with E-state index >= 15 is 0 Å². The number of hydrogen-bond donors (Lipinski definition) is 0. The number of fused-ring (bicyclic) bond motifs is 1. The number of ether oxygens (including phenoxy) is 1. The maximum absolute atomic E-state index is 12.4. The Labute approximate surface area is 213 Å². The van der Waals surface area contributed by atoms with E-state index in [1.165, 1.54) is 20.5 Å². The van der Waals surface area contributed by atoms with Gasteiger partial charge in [0.2, 0.25) is 0 Å². The summed E-state index contributed by atoms with van der Waals surface area (Å²) >= 11 is 2.94. The van der Waals surface area contributed by atoms with Crippen LogP contribution >= 0.6 is 23.1 Å². The van der Waals surface area contributed by atoms with Gasteiger partial charge in [-0.05, 0) is 42.3 Å². The molecule has 0 spiro atoms. The van der Waals surface area contributed by atoms with Gasteiger partial charge in [0.05, 0.1) is 17.9 Å². The molecule has 3 heterocycles. The van der Waals surface area contributed by atoms with Crippen LogP contribution in [0.1, 0.15) is 20.9 Å². The summed E-state index contributed by atoms with van der Waals surface area (Å²) in [6.07, 6.45) is 1.54. The molecule has 0 atom stereocenters. The van der Waals surface area contributed by atoms with E-state index in [0.29, 0.717) is 25.4 Å². The normalized spacial score (nSPS) is 14.6. The second-order valence-electron chi connectivity index (χ2n) is 8.84. The van der Waals surface area contributed by atoms with Gasteiger partial charge in [-0.1, -0.05) is 30.3 Å². The summed E-state index contributed by atoms with van der Waals surface area (Å²) in [5, 5.41) is 1.32. The molecule has 1 aliphatic heterocycles. The van der Waals surface area contributed by atoms with Crippen LogP contribution in [0.2, 0.25) is 0 Å². The zero-order chi connectivity index (χ0) is 24.0. The van der Waals surface area contributed by atoms with Gasteiger partial charge in [0.1, 0.15) is 12.4 Å². The predicted octanol–water partition coefficient (Wildman–Crippen LogP) is 4.22. The molecule has 7 nitrogen and oxygen atoms in total. The van der Waals surface area contributed by atoms with Crippen LogP contribution in [-0.2, 0) is 13.1 Å². The molecule has 1 amide bonds. The molecule has 2 aromatic carbocycles. The lowest BCUT2D eigenvalue weighted by Crippen LogP contribution is -2.49. The summed E-state index contributed by atoms with van der Waals surface area (Å²) in [5.74, 6) is 0.870. The van der Waals surface area contributed by atoms with Gasteiger partial charge in [0.15, 0.2) is 5.69 Å². The summed E-state index contributed by atoms with van der Waals surface area (Å²) in [6.45, 7) is 6.43. The first kappa shape index (κ1) is 23.9. The van der Waals surface area contributed by atoms with E-state index in [2.05, 4.69) is 80.2 Å². The van der Waals surface area contributed by atoms with Crippen molar-refractivity contribution in [2.24, 2.45) is 0 Å². The quantitative estimate of drug-likeness (QED) is 0.338. The molecule has 35 heavy (non-hydrogen) atoms. The number of thiophene rings is 1. The van der Waals surface area contributed by atoms with Gasteiger partial charge in [-0.2, -0.15) is 8.75 Å². The minimum Gasteiger partial charge on any atom is -0.492 e. The SMILES string of the molecule is CN(Cc1ccc(OCCN2CCN(C(=O)c3cnsn3)CC2)cc1)Cc1cc2ccccc2s1. The molecular weight excluding hydrogens is 478 g/mol. The average Bonchev–Trinajstić information content (AvgIpc) is 3.55. The van der Waals surface area contributed by atoms with E-state index in [-0.39, 0.29) is 5.91 Å². The first-order valence-electron chi connectivity index (χ1n) is 11.8. The highest BCUT2D eigenvalue weighted by Gasteiger charge is 2.23. The molecule has 1 saturated heterocycles. The summed E-state index contributed by atoms with van der Waals surface area (Å²) in [4.78, 5) is 20.3.